The van der Waals surface area contributed by atoms with Gasteiger partial charge in [-0.2, -0.15) is 0 Å². The maximum absolute atomic E-state index is 10.8. The lowest BCUT2D eigenvalue weighted by Crippen LogP contribution is -2.28. The van der Waals surface area contributed by atoms with Crippen LogP contribution in [0.1, 0.15) is 0 Å². The Morgan fingerprint density at radius 1 is 1.54 bits per heavy atom. The summed E-state index contributed by atoms with van der Waals surface area (Å²) in [5.41, 5.74) is 0. The molecule has 2 rings (SSSR count). The van der Waals surface area contributed by atoms with E-state index in [0.717, 1.165) is 0 Å². The van der Waals surface area contributed by atoms with Gasteiger partial charge >= 0.3 is 0 Å². The molecule has 1 fully saturated rings. The Balaban J connectivity index is 2.12. The summed E-state index contributed by atoms with van der Waals surface area (Å²) < 4.78 is 10.9. The molecule has 1 heterocycles. The van der Waals surface area contributed by atoms with Gasteiger partial charge in [-0.1, -0.05) is 0 Å². The van der Waals surface area contributed by atoms with Gasteiger partial charge in [0, 0.05) is 0 Å². The van der Waals surface area contributed by atoms with Gasteiger partial charge < -0.3 is 9.47 Å². The molecule has 0 radical (unpaired) electrons. The molecule has 13 heavy (non-hydrogen) atoms. The van der Waals surface area contributed by atoms with Crippen molar-refractivity contribution in [3.63, 3.8) is 0 Å². The second-order valence-corrected chi connectivity index (χ2v) is 3.30. The molecule has 1 saturated heterocycles. The number of hydrogen-bond donors (Lipinski definition) is 0. The Morgan fingerprint density at radius 2 is 2.23 bits per heavy atom. The van der Waals surface area contributed by atoms with Crippen LogP contribution in [-0.4, -0.2) is 30.2 Å². The molecule has 1 atom stereocenters. The highest BCUT2D eigenvalue weighted by atomic mass is 35.5. The first kappa shape index (κ1) is 8.94. The molecule has 70 valence electrons. The zero-order valence-corrected chi connectivity index (χ0v) is 7.66. The molecule has 1 spiro atoms. The smallest absolute Gasteiger partial charge is 0.209 e. The lowest BCUT2D eigenvalue weighted by Gasteiger charge is -2.21. The third kappa shape index (κ3) is 1.68. The Morgan fingerprint density at radius 3 is 2.77 bits per heavy atom. The summed E-state index contributed by atoms with van der Waals surface area (Å²) in [6.07, 6.45) is 6.01. The van der Waals surface area contributed by atoms with Crippen molar-refractivity contribution < 1.29 is 14.3 Å². The molecule has 1 aliphatic carbocycles. The Kier molecular flexibility index (Phi) is 2.24. The third-order valence-corrected chi connectivity index (χ3v) is 2.32. The number of allylic oxidation sites excluding steroid dienone is 2. The van der Waals surface area contributed by atoms with Crippen molar-refractivity contribution in [2.75, 3.05) is 12.5 Å². The number of rotatable bonds is 1. The first-order chi connectivity index (χ1) is 6.24. The van der Waals surface area contributed by atoms with Gasteiger partial charge in [0.1, 0.15) is 0 Å². The van der Waals surface area contributed by atoms with E-state index in [1.54, 1.807) is 12.2 Å². The average molecular weight is 201 g/mol. The highest BCUT2D eigenvalue weighted by Gasteiger charge is 2.38. The van der Waals surface area contributed by atoms with Gasteiger partial charge in [-0.3, -0.25) is 4.79 Å². The molecule has 0 aromatic heterocycles. The minimum absolute atomic E-state index is 0.0489. The Labute approximate surface area is 81.0 Å². The first-order valence-electron chi connectivity index (χ1n) is 4.04. The fourth-order valence-electron chi connectivity index (χ4n) is 1.31. The van der Waals surface area contributed by atoms with Gasteiger partial charge in [-0.15, -0.1) is 11.6 Å². The molecule has 0 N–H and O–H groups in total. The Hall–Kier alpha value is -0.640. The summed E-state index contributed by atoms with van der Waals surface area (Å²) in [6.45, 7) is 0.465. The quantitative estimate of drug-likeness (QED) is 0.594. The van der Waals surface area contributed by atoms with Gasteiger partial charge in [-0.25, -0.2) is 0 Å². The Bertz CT molecular complexity index is 267. The number of carbonyl (C=O) groups excluding carboxylic acids is 1. The number of ketones is 1. The van der Waals surface area contributed by atoms with Crippen molar-refractivity contribution >= 4 is 17.4 Å². The number of hydrogen-bond acceptors (Lipinski definition) is 3. The summed E-state index contributed by atoms with van der Waals surface area (Å²) in [5.74, 6) is -0.489. The third-order valence-electron chi connectivity index (χ3n) is 1.98. The van der Waals surface area contributed by atoms with Crippen LogP contribution in [0.15, 0.2) is 24.3 Å². The van der Waals surface area contributed by atoms with Gasteiger partial charge in [0.05, 0.1) is 18.6 Å². The van der Waals surface area contributed by atoms with E-state index in [9.17, 15) is 4.79 Å². The topological polar surface area (TPSA) is 35.5 Å². The molecule has 0 bridgehead atoms. The van der Waals surface area contributed by atoms with Crippen LogP contribution in [0.25, 0.3) is 0 Å². The minimum atomic E-state index is -0.840. The maximum Gasteiger partial charge on any atom is 0.209 e. The number of ether oxygens (including phenoxy) is 2. The molecular weight excluding hydrogens is 192 g/mol. The van der Waals surface area contributed by atoms with E-state index >= 15 is 0 Å². The van der Waals surface area contributed by atoms with E-state index in [1.807, 2.05) is 0 Å². The van der Waals surface area contributed by atoms with Gasteiger partial charge in [0.2, 0.25) is 5.79 Å². The molecule has 3 nitrogen and oxygen atoms in total. The zero-order valence-electron chi connectivity index (χ0n) is 6.90. The van der Waals surface area contributed by atoms with Crippen LogP contribution in [-0.2, 0) is 14.3 Å². The van der Waals surface area contributed by atoms with Gasteiger partial charge in [0.15, 0.2) is 5.78 Å². The second-order valence-electron chi connectivity index (χ2n) is 3.00. The second kappa shape index (κ2) is 3.25. The van der Waals surface area contributed by atoms with Crippen molar-refractivity contribution in [2.24, 2.45) is 0 Å². The van der Waals surface area contributed by atoms with E-state index in [2.05, 4.69) is 0 Å². The first-order valence-corrected chi connectivity index (χ1v) is 4.58. The summed E-state index contributed by atoms with van der Waals surface area (Å²) in [4.78, 5) is 10.8. The van der Waals surface area contributed by atoms with Crippen LogP contribution in [0, 0.1) is 0 Å². The normalized spacial score (nSPS) is 30.2. The van der Waals surface area contributed by atoms with Crippen LogP contribution < -0.4 is 0 Å². The van der Waals surface area contributed by atoms with Crippen molar-refractivity contribution in [1.82, 2.24) is 0 Å². The predicted octanol–water partition coefficient (Wildman–Crippen LogP) is 1.03. The van der Waals surface area contributed by atoms with Crippen LogP contribution in [0.4, 0.5) is 0 Å². The molecule has 1 aliphatic heterocycles. The molecule has 0 saturated carbocycles. The monoisotopic (exact) mass is 200 g/mol. The zero-order chi connectivity index (χ0) is 9.31. The van der Waals surface area contributed by atoms with Crippen molar-refractivity contribution in [1.29, 1.82) is 0 Å². The molecule has 1 unspecified atom stereocenters. The summed E-state index contributed by atoms with van der Waals surface area (Å²) in [5, 5.41) is 0. The molecule has 4 heteroatoms. The fourth-order valence-corrected chi connectivity index (χ4v) is 1.46. The van der Waals surface area contributed by atoms with Crippen molar-refractivity contribution in [3.05, 3.63) is 24.3 Å². The predicted molar refractivity (Wildman–Crippen MR) is 47.6 cm³/mol. The van der Waals surface area contributed by atoms with Gasteiger partial charge in [0.25, 0.3) is 0 Å². The average Bonchev–Trinajstić information content (AvgIpc) is 2.55. The highest BCUT2D eigenvalue weighted by Crippen LogP contribution is 2.29. The van der Waals surface area contributed by atoms with Crippen LogP contribution in [0.5, 0.6) is 0 Å². The molecule has 0 aromatic carbocycles. The lowest BCUT2D eigenvalue weighted by atomic mass is 10.1. The molecule has 2 aliphatic rings. The SMILES string of the molecule is O=C1C=CC2(C=C1)OCC(CCl)O2. The van der Waals surface area contributed by atoms with Crippen LogP contribution in [0.2, 0.25) is 0 Å². The van der Waals surface area contributed by atoms with E-state index in [1.165, 1.54) is 12.2 Å². The number of alkyl halides is 1. The van der Waals surface area contributed by atoms with E-state index in [4.69, 9.17) is 21.1 Å². The van der Waals surface area contributed by atoms with Crippen LogP contribution >= 0.6 is 11.6 Å². The number of halogens is 1. The van der Waals surface area contributed by atoms with E-state index < -0.39 is 5.79 Å². The number of carbonyl (C=O) groups is 1. The fraction of sp³-hybridized carbons (Fsp3) is 0.444. The maximum atomic E-state index is 10.8. The minimum Gasteiger partial charge on any atom is -0.340 e. The van der Waals surface area contributed by atoms with Crippen molar-refractivity contribution in [3.8, 4) is 0 Å². The summed E-state index contributed by atoms with van der Waals surface area (Å²) in [7, 11) is 0. The standard InChI is InChI=1S/C9H9ClO3/c10-5-8-6-12-9(13-8)3-1-7(11)2-4-9/h1-4,8H,5-6H2. The summed E-state index contributed by atoms with van der Waals surface area (Å²) in [6, 6.07) is 0. The van der Waals surface area contributed by atoms with Gasteiger partial charge in [-0.05, 0) is 24.3 Å². The van der Waals surface area contributed by atoms with Crippen LogP contribution in [0.3, 0.4) is 0 Å². The summed E-state index contributed by atoms with van der Waals surface area (Å²) >= 11 is 5.62. The van der Waals surface area contributed by atoms with E-state index in [-0.39, 0.29) is 11.9 Å². The molecular formula is C9H9ClO3. The molecule has 0 amide bonds. The largest absolute Gasteiger partial charge is 0.340 e. The highest BCUT2D eigenvalue weighted by molar-refractivity contribution is 6.18. The lowest BCUT2D eigenvalue weighted by molar-refractivity contribution is -0.113. The van der Waals surface area contributed by atoms with E-state index in [0.29, 0.717) is 12.5 Å². The van der Waals surface area contributed by atoms with Crippen molar-refractivity contribution in [2.45, 2.75) is 11.9 Å². The molecule has 0 aromatic rings.